The van der Waals surface area contributed by atoms with Crippen molar-refractivity contribution in [3.05, 3.63) is 33.8 Å². The Kier molecular flexibility index (Phi) is 4.75. The molecule has 1 atom stereocenters. The lowest BCUT2D eigenvalue weighted by Crippen LogP contribution is -2.57. The van der Waals surface area contributed by atoms with Gasteiger partial charge in [0.25, 0.3) is 5.91 Å². The first-order valence-electron chi connectivity index (χ1n) is 7.67. The minimum Gasteiger partial charge on any atom is -0.480 e. The summed E-state index contributed by atoms with van der Waals surface area (Å²) in [7, 11) is 1.99. The second-order valence-corrected chi connectivity index (χ2v) is 7.12. The summed E-state index contributed by atoms with van der Waals surface area (Å²) in [5.41, 5.74) is -0.621. The number of hydrogen-bond acceptors (Lipinski definition) is 4. The van der Waals surface area contributed by atoms with E-state index in [-0.39, 0.29) is 12.2 Å². The molecule has 2 aliphatic heterocycles. The third kappa shape index (κ3) is 3.11. The van der Waals surface area contributed by atoms with Crippen LogP contribution in [-0.4, -0.2) is 65.3 Å². The minimum atomic E-state index is -1.08. The molecule has 0 aromatic heterocycles. The van der Waals surface area contributed by atoms with Gasteiger partial charge in [0.1, 0.15) is 5.72 Å². The molecule has 6 nitrogen and oxygen atoms in total. The number of halogens is 2. The molecule has 3 rings (SSSR count). The first-order valence-corrected chi connectivity index (χ1v) is 8.43. The molecule has 2 saturated heterocycles. The lowest BCUT2D eigenvalue weighted by atomic mass is 9.97. The van der Waals surface area contributed by atoms with Crippen molar-refractivity contribution in [2.75, 3.05) is 26.7 Å². The van der Waals surface area contributed by atoms with Crippen LogP contribution in [0.2, 0.25) is 10.0 Å². The molecule has 2 aliphatic rings. The molecule has 1 N–H and O–H groups in total. The molecule has 0 unspecified atom stereocenters. The topological polar surface area (TPSA) is 70.1 Å². The van der Waals surface area contributed by atoms with Crippen LogP contribution in [0.25, 0.3) is 0 Å². The number of likely N-dealkylation sites (tertiary alicyclic amines) is 1. The van der Waals surface area contributed by atoms with Crippen molar-refractivity contribution in [3.8, 4) is 0 Å². The summed E-state index contributed by atoms with van der Waals surface area (Å²) in [4.78, 5) is 28.2. The molecule has 0 aliphatic carbocycles. The summed E-state index contributed by atoms with van der Waals surface area (Å²) >= 11 is 12.0. The number of aliphatic carboxylic acids is 1. The smallest absolute Gasteiger partial charge is 0.328 e. The van der Waals surface area contributed by atoms with Crippen LogP contribution >= 0.6 is 23.2 Å². The number of rotatable bonds is 2. The zero-order valence-electron chi connectivity index (χ0n) is 13.2. The van der Waals surface area contributed by atoms with Gasteiger partial charge in [-0.3, -0.25) is 9.69 Å². The highest BCUT2D eigenvalue weighted by Crippen LogP contribution is 2.38. The van der Waals surface area contributed by atoms with E-state index in [1.807, 2.05) is 7.05 Å². The van der Waals surface area contributed by atoms with Gasteiger partial charge in [-0.15, -0.1) is 0 Å². The maximum atomic E-state index is 13.1. The van der Waals surface area contributed by atoms with E-state index in [4.69, 9.17) is 27.9 Å². The van der Waals surface area contributed by atoms with Crippen LogP contribution < -0.4 is 0 Å². The average Bonchev–Trinajstić information content (AvgIpc) is 2.88. The molecule has 1 aromatic carbocycles. The van der Waals surface area contributed by atoms with Gasteiger partial charge < -0.3 is 14.7 Å². The number of carboxylic acids is 1. The molecule has 24 heavy (non-hydrogen) atoms. The van der Waals surface area contributed by atoms with Crippen molar-refractivity contribution in [1.82, 2.24) is 9.80 Å². The fourth-order valence-corrected chi connectivity index (χ4v) is 3.87. The van der Waals surface area contributed by atoms with Crippen molar-refractivity contribution in [2.45, 2.75) is 24.6 Å². The Hall–Kier alpha value is -1.34. The molecule has 8 heteroatoms. The fraction of sp³-hybridized carbons (Fsp3) is 0.500. The quantitative estimate of drug-likeness (QED) is 0.862. The Balaban J connectivity index is 1.98. The summed E-state index contributed by atoms with van der Waals surface area (Å²) in [6, 6.07) is 3.50. The summed E-state index contributed by atoms with van der Waals surface area (Å²) in [5.74, 6) is -1.50. The van der Waals surface area contributed by atoms with Crippen LogP contribution in [0.5, 0.6) is 0 Å². The van der Waals surface area contributed by atoms with E-state index in [0.29, 0.717) is 22.9 Å². The Morgan fingerprint density at radius 1 is 1.21 bits per heavy atom. The second-order valence-electron chi connectivity index (χ2n) is 6.25. The van der Waals surface area contributed by atoms with Crippen molar-refractivity contribution in [2.24, 2.45) is 0 Å². The molecular formula is C16H18Cl2N2O4. The van der Waals surface area contributed by atoms with Crippen LogP contribution in [-0.2, 0) is 9.53 Å². The molecule has 2 fully saturated rings. The van der Waals surface area contributed by atoms with E-state index < -0.39 is 23.6 Å². The van der Waals surface area contributed by atoms with Gasteiger partial charge >= 0.3 is 5.97 Å². The summed E-state index contributed by atoms with van der Waals surface area (Å²) < 4.78 is 5.85. The van der Waals surface area contributed by atoms with Gasteiger partial charge in [-0.25, -0.2) is 4.79 Å². The van der Waals surface area contributed by atoms with Crippen LogP contribution in [0.15, 0.2) is 18.2 Å². The molecule has 0 radical (unpaired) electrons. The SMILES string of the molecule is CN1CCC2(CC1)OC[C@@H](C(=O)O)N2C(=O)c1cc(Cl)cc(Cl)c1. The third-order valence-corrected chi connectivity index (χ3v) is 5.08. The predicted molar refractivity (Wildman–Crippen MR) is 89.5 cm³/mol. The van der Waals surface area contributed by atoms with Crippen LogP contribution in [0, 0.1) is 0 Å². The van der Waals surface area contributed by atoms with Gasteiger partial charge in [0.2, 0.25) is 0 Å². The highest BCUT2D eigenvalue weighted by Gasteiger charge is 2.53. The molecule has 1 aromatic rings. The summed E-state index contributed by atoms with van der Waals surface area (Å²) in [5, 5.41) is 10.2. The first kappa shape index (κ1) is 17.5. The number of carbonyl (C=O) groups excluding carboxylic acids is 1. The van der Waals surface area contributed by atoms with Crippen molar-refractivity contribution in [1.29, 1.82) is 0 Å². The summed E-state index contributed by atoms with van der Waals surface area (Å²) in [6.07, 6.45) is 1.13. The van der Waals surface area contributed by atoms with Gasteiger partial charge in [-0.1, -0.05) is 23.2 Å². The normalized spacial score (nSPS) is 23.6. The summed E-state index contributed by atoms with van der Waals surface area (Å²) in [6.45, 7) is 1.44. The number of piperidine rings is 1. The molecule has 0 saturated carbocycles. The molecule has 2 heterocycles. The van der Waals surface area contributed by atoms with Crippen molar-refractivity contribution in [3.63, 3.8) is 0 Å². The van der Waals surface area contributed by atoms with Crippen molar-refractivity contribution >= 4 is 35.1 Å². The molecule has 0 bridgehead atoms. The number of ether oxygens (including phenoxy) is 1. The maximum absolute atomic E-state index is 13.1. The Labute approximate surface area is 149 Å². The number of benzene rings is 1. The monoisotopic (exact) mass is 372 g/mol. The number of hydrogen-bond donors (Lipinski definition) is 1. The highest BCUT2D eigenvalue weighted by molar-refractivity contribution is 6.35. The number of carbonyl (C=O) groups is 2. The third-order valence-electron chi connectivity index (χ3n) is 4.64. The molecule has 1 amide bonds. The Bertz CT molecular complexity index is 654. The first-order chi connectivity index (χ1) is 11.3. The van der Waals surface area contributed by atoms with Gasteiger partial charge in [-0.2, -0.15) is 0 Å². The molecular weight excluding hydrogens is 355 g/mol. The van der Waals surface area contributed by atoms with Crippen molar-refractivity contribution < 1.29 is 19.4 Å². The number of amides is 1. The van der Waals surface area contributed by atoms with E-state index in [9.17, 15) is 14.7 Å². The second kappa shape index (κ2) is 6.52. The minimum absolute atomic E-state index is 0.0148. The van der Waals surface area contributed by atoms with Crippen LogP contribution in [0.3, 0.4) is 0 Å². The average molecular weight is 373 g/mol. The fourth-order valence-electron chi connectivity index (χ4n) is 3.34. The Morgan fingerprint density at radius 3 is 2.33 bits per heavy atom. The largest absolute Gasteiger partial charge is 0.480 e. The zero-order valence-corrected chi connectivity index (χ0v) is 14.7. The standard InChI is InChI=1S/C16H18Cl2N2O4/c1-19-4-2-16(3-5-19)20(13(9-24-16)15(22)23)14(21)10-6-11(17)8-12(18)7-10/h6-8,13H,2-5,9H2,1H3,(H,22,23)/t13-/m0/s1. The predicted octanol–water partition coefficient (Wildman–Crippen LogP) is 2.34. The lowest BCUT2D eigenvalue weighted by molar-refractivity contribution is -0.143. The number of carboxylic acid groups (broad SMARTS) is 1. The van der Waals surface area contributed by atoms with E-state index in [2.05, 4.69) is 4.90 Å². The van der Waals surface area contributed by atoms with Crippen LogP contribution in [0.4, 0.5) is 0 Å². The van der Waals surface area contributed by atoms with E-state index >= 15 is 0 Å². The van der Waals surface area contributed by atoms with Crippen LogP contribution in [0.1, 0.15) is 23.2 Å². The van der Waals surface area contributed by atoms with E-state index in [0.717, 1.165) is 13.1 Å². The molecule has 1 spiro atoms. The molecule has 130 valence electrons. The van der Waals surface area contributed by atoms with Gasteiger partial charge in [0.05, 0.1) is 6.61 Å². The van der Waals surface area contributed by atoms with Gasteiger partial charge in [-0.05, 0) is 25.2 Å². The van der Waals surface area contributed by atoms with E-state index in [1.54, 1.807) is 0 Å². The zero-order chi connectivity index (χ0) is 17.5. The number of nitrogens with zero attached hydrogens (tertiary/aromatic N) is 2. The maximum Gasteiger partial charge on any atom is 0.328 e. The van der Waals surface area contributed by atoms with Gasteiger partial charge in [0.15, 0.2) is 6.04 Å². The lowest BCUT2D eigenvalue weighted by Gasteiger charge is -2.43. The highest BCUT2D eigenvalue weighted by atomic mass is 35.5. The van der Waals surface area contributed by atoms with Gasteiger partial charge in [0, 0.05) is 41.5 Å². The Morgan fingerprint density at radius 2 is 1.79 bits per heavy atom. The van der Waals surface area contributed by atoms with E-state index in [1.165, 1.54) is 23.1 Å².